The van der Waals surface area contributed by atoms with Crippen LogP contribution in [0.5, 0.6) is 0 Å². The van der Waals surface area contributed by atoms with Crippen molar-refractivity contribution in [2.24, 2.45) is 0 Å². The van der Waals surface area contributed by atoms with E-state index in [1.54, 1.807) is 0 Å². The molecule has 0 saturated carbocycles. The van der Waals surface area contributed by atoms with Gasteiger partial charge in [-0.1, -0.05) is 0 Å². The van der Waals surface area contributed by atoms with Gasteiger partial charge in [0.2, 0.25) is 0 Å². The van der Waals surface area contributed by atoms with Crippen molar-refractivity contribution in [3.63, 3.8) is 0 Å². The van der Waals surface area contributed by atoms with Gasteiger partial charge in [0.1, 0.15) is 0 Å². The monoisotopic (exact) mass is 312 g/mol. The normalized spacial score (nSPS) is 10.9. The highest BCUT2D eigenvalue weighted by molar-refractivity contribution is 9.11. The fourth-order valence-electron chi connectivity index (χ4n) is 1.72. The van der Waals surface area contributed by atoms with Crippen LogP contribution in [0.4, 0.5) is 0 Å². The van der Waals surface area contributed by atoms with Crippen LogP contribution in [0.2, 0.25) is 0 Å². The van der Waals surface area contributed by atoms with Gasteiger partial charge < -0.3 is 9.88 Å². The van der Waals surface area contributed by atoms with Gasteiger partial charge >= 0.3 is 0 Å². The smallest absolute Gasteiger partial charge is 0.0701 e. The van der Waals surface area contributed by atoms with Crippen molar-refractivity contribution >= 4 is 27.3 Å². The molecule has 0 saturated heterocycles. The summed E-state index contributed by atoms with van der Waals surface area (Å²) in [6.07, 6.45) is 5.44. The van der Waals surface area contributed by atoms with Gasteiger partial charge in [0.25, 0.3) is 0 Å². The average molecular weight is 313 g/mol. The molecule has 0 aliphatic rings. The van der Waals surface area contributed by atoms with Crippen LogP contribution in [0.3, 0.4) is 0 Å². The number of rotatable bonds is 6. The summed E-state index contributed by atoms with van der Waals surface area (Å²) in [5.41, 5.74) is 1.36. The second-order valence-corrected chi connectivity index (χ2v) is 6.53. The van der Waals surface area contributed by atoms with Gasteiger partial charge in [-0.3, -0.25) is 0 Å². The first-order chi connectivity index (χ1) is 8.28. The molecule has 0 aliphatic carbocycles. The molecule has 0 spiro atoms. The fraction of sp³-hybridized carbons (Fsp3) is 0.385. The molecule has 92 valence electrons. The van der Waals surface area contributed by atoms with Crippen LogP contribution in [-0.4, -0.2) is 11.1 Å². The molecule has 0 amide bonds. The summed E-state index contributed by atoms with van der Waals surface area (Å²) in [7, 11) is 0. The van der Waals surface area contributed by atoms with Crippen molar-refractivity contribution < 1.29 is 0 Å². The van der Waals surface area contributed by atoms with E-state index < -0.39 is 0 Å². The van der Waals surface area contributed by atoms with Crippen molar-refractivity contribution in [3.8, 4) is 0 Å². The van der Waals surface area contributed by atoms with E-state index in [0.29, 0.717) is 0 Å². The third kappa shape index (κ3) is 3.98. The van der Waals surface area contributed by atoms with E-state index in [-0.39, 0.29) is 0 Å². The average Bonchev–Trinajstić information content (AvgIpc) is 2.93. The third-order valence-corrected chi connectivity index (χ3v) is 4.37. The second-order valence-electron chi connectivity index (χ2n) is 3.98. The topological polar surface area (TPSA) is 17.0 Å². The van der Waals surface area contributed by atoms with Crippen LogP contribution in [0, 0.1) is 0 Å². The van der Waals surface area contributed by atoms with E-state index in [1.165, 1.54) is 14.2 Å². The summed E-state index contributed by atoms with van der Waals surface area (Å²) in [6, 6.07) is 6.48. The molecule has 0 unspecified atom stereocenters. The fourth-order valence-corrected chi connectivity index (χ4v) is 3.20. The Morgan fingerprint density at radius 3 is 2.88 bits per heavy atom. The van der Waals surface area contributed by atoms with E-state index in [1.807, 2.05) is 11.3 Å². The maximum Gasteiger partial charge on any atom is 0.0701 e. The zero-order chi connectivity index (χ0) is 12.1. The first-order valence-corrected chi connectivity index (χ1v) is 7.48. The van der Waals surface area contributed by atoms with Gasteiger partial charge in [0, 0.05) is 36.9 Å². The minimum absolute atomic E-state index is 0.958. The Bertz CT molecular complexity index is 461. The van der Waals surface area contributed by atoms with Crippen LogP contribution in [0.25, 0.3) is 0 Å². The Labute approximate surface area is 115 Å². The summed E-state index contributed by atoms with van der Waals surface area (Å²) < 4.78 is 3.42. The molecule has 0 aromatic carbocycles. The highest BCUT2D eigenvalue weighted by Gasteiger charge is 1.98. The standard InChI is InChI=1S/C13H17BrN2S/c1-2-16-8-6-11(10-16)9-15-7-5-12-3-4-13(14)17-12/h3-4,6,8,10,15H,2,5,7,9H2,1H3. The van der Waals surface area contributed by atoms with Gasteiger partial charge in [-0.05, 0) is 53.0 Å². The van der Waals surface area contributed by atoms with Gasteiger partial charge in [-0.15, -0.1) is 11.3 Å². The van der Waals surface area contributed by atoms with E-state index in [9.17, 15) is 0 Å². The zero-order valence-electron chi connectivity index (χ0n) is 9.95. The van der Waals surface area contributed by atoms with Crippen LogP contribution in [-0.2, 0) is 19.5 Å². The highest BCUT2D eigenvalue weighted by atomic mass is 79.9. The lowest BCUT2D eigenvalue weighted by molar-refractivity contribution is 0.686. The predicted octanol–water partition coefficient (Wildman–Crippen LogP) is 3.66. The molecule has 17 heavy (non-hydrogen) atoms. The first-order valence-electron chi connectivity index (χ1n) is 5.87. The summed E-state index contributed by atoms with van der Waals surface area (Å²) >= 11 is 5.30. The lowest BCUT2D eigenvalue weighted by Crippen LogP contribution is -2.15. The largest absolute Gasteiger partial charge is 0.354 e. The minimum atomic E-state index is 0.958. The molecule has 2 rings (SSSR count). The number of aromatic nitrogens is 1. The van der Waals surface area contributed by atoms with Crippen LogP contribution < -0.4 is 5.32 Å². The van der Waals surface area contributed by atoms with Crippen molar-refractivity contribution in [3.05, 3.63) is 44.8 Å². The molecule has 0 fully saturated rings. The van der Waals surface area contributed by atoms with Gasteiger partial charge in [-0.25, -0.2) is 0 Å². The molecule has 2 heterocycles. The summed E-state index contributed by atoms with van der Waals surface area (Å²) in [5, 5.41) is 3.47. The number of nitrogens with one attached hydrogen (secondary N) is 1. The Morgan fingerprint density at radius 2 is 2.24 bits per heavy atom. The van der Waals surface area contributed by atoms with E-state index in [0.717, 1.165) is 26.1 Å². The quantitative estimate of drug-likeness (QED) is 0.805. The van der Waals surface area contributed by atoms with Crippen molar-refractivity contribution in [2.75, 3.05) is 6.54 Å². The molecule has 0 aliphatic heterocycles. The number of hydrogen-bond acceptors (Lipinski definition) is 2. The maximum atomic E-state index is 3.48. The van der Waals surface area contributed by atoms with Crippen LogP contribution in [0.1, 0.15) is 17.4 Å². The second kappa shape index (κ2) is 6.38. The van der Waals surface area contributed by atoms with E-state index in [4.69, 9.17) is 0 Å². The molecule has 0 radical (unpaired) electrons. The Kier molecular flexibility index (Phi) is 4.83. The van der Waals surface area contributed by atoms with Gasteiger partial charge in [0.05, 0.1) is 3.79 Å². The maximum absolute atomic E-state index is 3.48. The molecule has 4 heteroatoms. The number of nitrogens with zero attached hydrogens (tertiary/aromatic N) is 1. The molecular weight excluding hydrogens is 296 g/mol. The zero-order valence-corrected chi connectivity index (χ0v) is 12.4. The number of aryl methyl sites for hydroxylation is 1. The number of halogens is 1. The first kappa shape index (κ1) is 12.9. The lowest BCUT2D eigenvalue weighted by Gasteiger charge is -2.01. The summed E-state index contributed by atoms with van der Waals surface area (Å²) in [4.78, 5) is 1.43. The minimum Gasteiger partial charge on any atom is -0.354 e. The number of hydrogen-bond donors (Lipinski definition) is 1. The van der Waals surface area contributed by atoms with Gasteiger partial charge in [-0.2, -0.15) is 0 Å². The summed E-state index contributed by atoms with van der Waals surface area (Å²) in [5.74, 6) is 0. The molecular formula is C13H17BrN2S. The molecule has 2 aromatic rings. The Hall–Kier alpha value is -0.580. The van der Waals surface area contributed by atoms with Crippen molar-refractivity contribution in [1.29, 1.82) is 0 Å². The molecule has 2 nitrogen and oxygen atoms in total. The predicted molar refractivity (Wildman–Crippen MR) is 77.5 cm³/mol. The lowest BCUT2D eigenvalue weighted by atomic mass is 10.3. The van der Waals surface area contributed by atoms with Gasteiger partial charge in [0.15, 0.2) is 0 Å². The summed E-state index contributed by atoms with van der Waals surface area (Å²) in [6.45, 7) is 5.19. The Morgan fingerprint density at radius 1 is 1.35 bits per heavy atom. The SMILES string of the molecule is CCn1ccc(CNCCc2ccc(Br)s2)c1. The Balaban J connectivity index is 1.69. The molecule has 2 aromatic heterocycles. The highest BCUT2D eigenvalue weighted by Crippen LogP contribution is 2.22. The van der Waals surface area contributed by atoms with Crippen LogP contribution >= 0.6 is 27.3 Å². The van der Waals surface area contributed by atoms with Crippen LogP contribution in [0.15, 0.2) is 34.4 Å². The third-order valence-electron chi connectivity index (χ3n) is 2.68. The van der Waals surface area contributed by atoms with Crippen molar-refractivity contribution in [2.45, 2.75) is 26.4 Å². The molecule has 1 N–H and O–H groups in total. The number of thiophene rings is 1. The molecule has 0 bridgehead atoms. The van der Waals surface area contributed by atoms with E-state index >= 15 is 0 Å². The van der Waals surface area contributed by atoms with E-state index in [2.05, 4.69) is 63.3 Å². The molecule has 0 atom stereocenters. The van der Waals surface area contributed by atoms with Crippen molar-refractivity contribution in [1.82, 2.24) is 9.88 Å².